The van der Waals surface area contributed by atoms with E-state index in [1.165, 1.54) is 31.2 Å². The van der Waals surface area contributed by atoms with Gasteiger partial charge in [-0.05, 0) is 64.1 Å². The zero-order valence-corrected chi connectivity index (χ0v) is 18.4. The first-order chi connectivity index (χ1) is 14.4. The molecule has 0 aliphatic heterocycles. The summed E-state index contributed by atoms with van der Waals surface area (Å²) in [6.07, 6.45) is -1.23. The molecule has 0 heterocycles. The average molecular weight is 448 g/mol. The first kappa shape index (κ1) is 23.9. The van der Waals surface area contributed by atoms with E-state index < -0.39 is 39.6 Å². The second kappa shape index (κ2) is 9.61. The van der Waals surface area contributed by atoms with Crippen LogP contribution in [0.1, 0.15) is 38.1 Å². The molecule has 2 aromatic carbocycles. The Bertz CT molecular complexity index is 1040. The monoisotopic (exact) mass is 447 g/mol. The SMILES string of the molecule is CC(OC(=O)c1ccc(S(=O)(=O)Nc2ccccc2)cc1)C(=O)NC(=O)NC(C)(C)C. The van der Waals surface area contributed by atoms with Crippen LogP contribution in [-0.2, 0) is 19.6 Å². The van der Waals surface area contributed by atoms with Crippen molar-refractivity contribution in [2.45, 2.75) is 44.2 Å². The lowest BCUT2D eigenvalue weighted by Gasteiger charge is -2.21. The summed E-state index contributed by atoms with van der Waals surface area (Å²) >= 11 is 0. The first-order valence-corrected chi connectivity index (χ1v) is 10.9. The lowest BCUT2D eigenvalue weighted by atomic mass is 10.1. The zero-order chi connectivity index (χ0) is 23.2. The predicted molar refractivity (Wildman–Crippen MR) is 115 cm³/mol. The number of amides is 3. The van der Waals surface area contributed by atoms with Crippen LogP contribution in [0.2, 0.25) is 0 Å². The Kier molecular flexibility index (Phi) is 7.40. The van der Waals surface area contributed by atoms with E-state index >= 15 is 0 Å². The molecule has 3 amide bonds. The highest BCUT2D eigenvalue weighted by molar-refractivity contribution is 7.92. The van der Waals surface area contributed by atoms with Gasteiger partial charge in [0, 0.05) is 11.2 Å². The van der Waals surface area contributed by atoms with Crippen LogP contribution >= 0.6 is 0 Å². The molecule has 0 saturated carbocycles. The maximum atomic E-state index is 12.4. The minimum atomic E-state index is -3.83. The Morgan fingerprint density at radius 1 is 0.935 bits per heavy atom. The summed E-state index contributed by atoms with van der Waals surface area (Å²) in [7, 11) is -3.83. The highest BCUT2D eigenvalue weighted by atomic mass is 32.2. The molecule has 31 heavy (non-hydrogen) atoms. The van der Waals surface area contributed by atoms with Gasteiger partial charge in [0.25, 0.3) is 15.9 Å². The number of hydrogen-bond donors (Lipinski definition) is 3. The Morgan fingerprint density at radius 3 is 2.06 bits per heavy atom. The minimum absolute atomic E-state index is 0.0439. The van der Waals surface area contributed by atoms with Crippen molar-refractivity contribution >= 4 is 33.6 Å². The van der Waals surface area contributed by atoms with Gasteiger partial charge < -0.3 is 10.1 Å². The minimum Gasteiger partial charge on any atom is -0.449 e. The molecule has 1 atom stereocenters. The van der Waals surface area contributed by atoms with E-state index in [-0.39, 0.29) is 10.5 Å². The Morgan fingerprint density at radius 2 is 1.52 bits per heavy atom. The molecule has 0 radical (unpaired) electrons. The molecule has 0 aliphatic rings. The van der Waals surface area contributed by atoms with Crippen LogP contribution in [0.5, 0.6) is 0 Å². The van der Waals surface area contributed by atoms with Crippen molar-refractivity contribution in [3.05, 3.63) is 60.2 Å². The number of benzene rings is 2. The van der Waals surface area contributed by atoms with E-state index in [2.05, 4.69) is 15.4 Å². The maximum Gasteiger partial charge on any atom is 0.338 e. The summed E-state index contributed by atoms with van der Waals surface area (Å²) < 4.78 is 32.4. The number of rotatable bonds is 6. The molecule has 2 aromatic rings. The molecular formula is C21H25N3O6S. The van der Waals surface area contributed by atoms with Crippen molar-refractivity contribution in [3.63, 3.8) is 0 Å². The van der Waals surface area contributed by atoms with E-state index in [0.717, 1.165) is 0 Å². The summed E-state index contributed by atoms with van der Waals surface area (Å²) in [6.45, 7) is 6.57. The van der Waals surface area contributed by atoms with Crippen LogP contribution in [0.25, 0.3) is 0 Å². The van der Waals surface area contributed by atoms with Crippen LogP contribution in [0.4, 0.5) is 10.5 Å². The zero-order valence-electron chi connectivity index (χ0n) is 17.6. The summed E-state index contributed by atoms with van der Waals surface area (Å²) in [5, 5.41) is 4.64. The van der Waals surface area contributed by atoms with Crippen LogP contribution in [-0.4, -0.2) is 38.0 Å². The van der Waals surface area contributed by atoms with Crippen LogP contribution in [0.3, 0.4) is 0 Å². The van der Waals surface area contributed by atoms with Gasteiger partial charge in [-0.3, -0.25) is 14.8 Å². The van der Waals surface area contributed by atoms with Gasteiger partial charge in [0.15, 0.2) is 6.10 Å². The number of esters is 1. The summed E-state index contributed by atoms with van der Waals surface area (Å²) in [4.78, 5) is 36.0. The van der Waals surface area contributed by atoms with Crippen LogP contribution in [0.15, 0.2) is 59.5 Å². The molecule has 0 aromatic heterocycles. The van der Waals surface area contributed by atoms with E-state index in [1.807, 2.05) is 0 Å². The summed E-state index contributed by atoms with van der Waals surface area (Å²) in [5.74, 6) is -1.62. The van der Waals surface area contributed by atoms with Crippen molar-refractivity contribution in [2.24, 2.45) is 0 Å². The first-order valence-electron chi connectivity index (χ1n) is 9.39. The number of carbonyl (C=O) groups is 3. The largest absolute Gasteiger partial charge is 0.449 e. The quantitative estimate of drug-likeness (QED) is 0.584. The third-order valence-electron chi connectivity index (χ3n) is 3.80. The van der Waals surface area contributed by atoms with Gasteiger partial charge in [0.2, 0.25) is 0 Å². The second-order valence-corrected chi connectivity index (χ2v) is 9.42. The lowest BCUT2D eigenvalue weighted by molar-refractivity contribution is -0.127. The molecule has 166 valence electrons. The van der Waals surface area contributed by atoms with Crippen LogP contribution in [0, 0.1) is 0 Å². The van der Waals surface area contributed by atoms with Gasteiger partial charge >= 0.3 is 12.0 Å². The van der Waals surface area contributed by atoms with Gasteiger partial charge in [-0.15, -0.1) is 0 Å². The number of urea groups is 1. The van der Waals surface area contributed by atoms with E-state index in [9.17, 15) is 22.8 Å². The fourth-order valence-corrected chi connectivity index (χ4v) is 3.42. The van der Waals surface area contributed by atoms with E-state index in [1.54, 1.807) is 51.1 Å². The predicted octanol–water partition coefficient (Wildman–Crippen LogP) is 2.66. The number of imide groups is 1. The molecule has 0 aliphatic carbocycles. The van der Waals surface area contributed by atoms with Crippen molar-refractivity contribution in [3.8, 4) is 0 Å². The number of ether oxygens (including phenoxy) is 1. The number of carbonyl (C=O) groups excluding carboxylic acids is 3. The molecule has 2 rings (SSSR count). The molecule has 3 N–H and O–H groups in total. The Hall–Kier alpha value is -3.40. The average Bonchev–Trinajstić information content (AvgIpc) is 2.66. The van der Waals surface area contributed by atoms with Gasteiger partial charge in [0.1, 0.15) is 0 Å². The third kappa shape index (κ3) is 7.41. The fraction of sp³-hybridized carbons (Fsp3) is 0.286. The number of para-hydroxylation sites is 1. The molecule has 0 bridgehead atoms. The second-order valence-electron chi connectivity index (χ2n) is 7.74. The van der Waals surface area contributed by atoms with E-state index in [0.29, 0.717) is 5.69 Å². The molecule has 0 spiro atoms. The Balaban J connectivity index is 1.98. The normalized spacial score (nSPS) is 12.4. The van der Waals surface area contributed by atoms with Crippen molar-refractivity contribution < 1.29 is 27.5 Å². The van der Waals surface area contributed by atoms with Crippen molar-refractivity contribution in [1.82, 2.24) is 10.6 Å². The lowest BCUT2D eigenvalue weighted by Crippen LogP contribution is -2.50. The van der Waals surface area contributed by atoms with E-state index in [4.69, 9.17) is 4.74 Å². The number of hydrogen-bond acceptors (Lipinski definition) is 6. The summed E-state index contributed by atoms with van der Waals surface area (Å²) in [5.41, 5.74) is -0.0828. The van der Waals surface area contributed by atoms with Gasteiger partial charge in [-0.2, -0.15) is 0 Å². The Labute approximate surface area is 181 Å². The highest BCUT2D eigenvalue weighted by Crippen LogP contribution is 2.17. The number of nitrogens with one attached hydrogen (secondary N) is 3. The molecule has 1 unspecified atom stereocenters. The highest BCUT2D eigenvalue weighted by Gasteiger charge is 2.23. The number of sulfonamides is 1. The van der Waals surface area contributed by atoms with Gasteiger partial charge in [0.05, 0.1) is 10.5 Å². The van der Waals surface area contributed by atoms with Gasteiger partial charge in [-0.1, -0.05) is 18.2 Å². The molecule has 0 saturated heterocycles. The van der Waals surface area contributed by atoms with Gasteiger partial charge in [-0.25, -0.2) is 18.0 Å². The topological polar surface area (TPSA) is 131 Å². The van der Waals surface area contributed by atoms with Crippen LogP contribution < -0.4 is 15.4 Å². The summed E-state index contributed by atoms with van der Waals surface area (Å²) in [6, 6.07) is 12.7. The molecule has 0 fully saturated rings. The maximum absolute atomic E-state index is 12.4. The molecule has 10 heteroatoms. The fourth-order valence-electron chi connectivity index (χ4n) is 2.36. The smallest absolute Gasteiger partial charge is 0.338 e. The van der Waals surface area contributed by atoms with Crippen molar-refractivity contribution in [2.75, 3.05) is 4.72 Å². The standard InChI is InChI=1S/C21H25N3O6S/c1-14(18(25)22-20(27)23-21(2,3)4)30-19(26)15-10-12-17(13-11-15)31(28,29)24-16-8-6-5-7-9-16/h5-14,24H,1-4H3,(H2,22,23,25,27). The molecular weight excluding hydrogens is 422 g/mol. The molecule has 9 nitrogen and oxygen atoms in total. The third-order valence-corrected chi connectivity index (χ3v) is 5.20. The number of anilines is 1. The van der Waals surface area contributed by atoms with Crippen molar-refractivity contribution in [1.29, 1.82) is 0 Å².